The zero-order valence-electron chi connectivity index (χ0n) is 69.6. The van der Waals surface area contributed by atoms with E-state index in [9.17, 15) is 55.8 Å². The Morgan fingerprint density at radius 3 is 1.42 bits per heavy atom. The van der Waals surface area contributed by atoms with Crippen molar-refractivity contribution in [1.82, 2.24) is 72.3 Å². The lowest BCUT2D eigenvalue weighted by Crippen LogP contribution is -2.61. The minimum Gasteiger partial charge on any atom is -0.487 e. The molecule has 0 radical (unpaired) electrons. The first-order valence-corrected chi connectivity index (χ1v) is 41.6. The van der Waals surface area contributed by atoms with Gasteiger partial charge in [0.15, 0.2) is 0 Å². The molecule has 638 valence electrons. The van der Waals surface area contributed by atoms with Crippen LogP contribution in [0.1, 0.15) is 218 Å². The number of rotatable bonds is 40. The molecule has 0 aliphatic carbocycles. The Bertz CT molecular complexity index is 4260. The molecule has 0 saturated heterocycles. The van der Waals surface area contributed by atoms with Crippen LogP contribution < -0.4 is 72.5 Å². The Balaban J connectivity index is 1.51. The molecule has 2 aliphatic heterocycles. The van der Waals surface area contributed by atoms with Gasteiger partial charge in [-0.2, -0.15) is 0 Å². The number of aliphatic carboxylic acids is 2. The largest absolute Gasteiger partial charge is 0.487 e. The Hall–Kier alpha value is -9.59. The van der Waals surface area contributed by atoms with E-state index in [4.69, 9.17) is 35.5 Å². The topological polar surface area (TPSA) is 536 Å². The van der Waals surface area contributed by atoms with Gasteiger partial charge in [-0.15, -0.1) is 5.10 Å². The third-order valence-corrected chi connectivity index (χ3v) is 22.9. The van der Waals surface area contributed by atoms with E-state index in [2.05, 4.69) is 67.6 Å². The zero-order valence-corrected chi connectivity index (χ0v) is 71.2. The van der Waals surface area contributed by atoms with E-state index in [1.54, 1.807) is 111 Å². The number of hydrogen-bond donors (Lipinski definition) is 16. The summed E-state index contributed by atoms with van der Waals surface area (Å²) in [5, 5.41) is 69.3. The van der Waals surface area contributed by atoms with Crippen LogP contribution in [0.5, 0.6) is 11.5 Å². The highest BCUT2D eigenvalue weighted by Crippen LogP contribution is 2.45. The fourth-order valence-electron chi connectivity index (χ4n) is 13.4. The molecule has 2 unspecified atom stereocenters. The molecule has 3 heterocycles. The van der Waals surface area contributed by atoms with Crippen LogP contribution in [0.15, 0.2) is 16.0 Å². The molecular formula is C76H123N17O19S2. The highest BCUT2D eigenvalue weighted by atomic mass is 32.2. The third-order valence-electron chi connectivity index (χ3n) is 19.6. The smallest absolute Gasteiger partial charge is 0.408 e. The number of carboxylic acid groups (broad SMARTS) is 2. The highest BCUT2D eigenvalue weighted by Gasteiger charge is 2.41. The number of aryl methyl sites for hydroxylation is 1. The Labute approximate surface area is 669 Å². The Morgan fingerprint density at radius 1 is 0.544 bits per heavy atom. The van der Waals surface area contributed by atoms with Gasteiger partial charge in [-0.25, -0.2) is 45.3 Å². The minimum atomic E-state index is -4.46. The normalized spacial score (nSPS) is 15.7. The number of benzene rings is 2. The molecule has 38 heteroatoms. The average molecular weight is 1640 g/mol. The van der Waals surface area contributed by atoms with Crippen molar-refractivity contribution in [3.05, 3.63) is 56.4 Å². The maximum Gasteiger partial charge on any atom is 0.408 e. The Kier molecular flexibility index (Phi) is 33.4. The van der Waals surface area contributed by atoms with Crippen LogP contribution in [0.25, 0.3) is 0 Å². The minimum absolute atomic E-state index is 0.0603. The number of nitrogens with zero attached hydrogens (tertiary/aromatic N) is 3. The molecule has 36 nitrogen and oxygen atoms in total. The molecule has 3 aromatic rings. The number of unbranched alkanes of at least 4 members (excludes halogenated alkanes) is 2. The number of fused-ring (bicyclic) bond motifs is 2. The number of carboxylic acids is 2. The maximum atomic E-state index is 15.4. The SMILES string of the molecule is CCC(C)[C@@H](NC(=O)[C@@H](CCCNC(=N)NS(=O)(=O)c1c(C)c(C)c2c(c1C)OC(C)(C)C2)NC(=O)[C@@H](CCCNC(=N)NS(=O)(=O)c1c(C)c(C)c2c(c1C)OC(C)(C)C2)NC(=O)[C@@H](Cc1cnnn1CCCC[C@H](N)C(=O)O)NC(=O)OC(C)(C)C)C(=O)NC(C(=O)N[C@H](CCCCNC(=O)OC(C)(C)C)C(=O)O)C(C)C. The fraction of sp³-hybridized carbons (Fsp3) is 0.671. The number of carbonyl (C=O) groups excluding carboxylic acids is 7. The number of alkyl carbamates (subject to hydrolysis) is 2. The van der Waals surface area contributed by atoms with Crippen molar-refractivity contribution in [3.8, 4) is 11.5 Å². The summed E-state index contributed by atoms with van der Waals surface area (Å²) < 4.78 is 86.1. The average Bonchev–Trinajstić information content (AvgIpc) is 1.53. The van der Waals surface area contributed by atoms with Gasteiger partial charge in [-0.1, -0.05) is 39.3 Å². The first-order valence-electron chi connectivity index (χ1n) is 38.6. The molecule has 2 aliphatic rings. The van der Waals surface area contributed by atoms with Crippen molar-refractivity contribution in [2.24, 2.45) is 17.6 Å². The number of sulfonamides is 2. The van der Waals surface area contributed by atoms with E-state index in [0.29, 0.717) is 82.7 Å². The van der Waals surface area contributed by atoms with E-state index in [-0.39, 0.29) is 93.8 Å². The van der Waals surface area contributed by atoms with Gasteiger partial charge in [0.05, 0.1) is 21.7 Å². The summed E-state index contributed by atoms with van der Waals surface area (Å²) in [5.74, 6) is -9.12. The molecule has 2 aromatic carbocycles. The second-order valence-electron chi connectivity index (χ2n) is 33.0. The molecule has 17 N–H and O–H groups in total. The zero-order chi connectivity index (χ0) is 86.1. The predicted octanol–water partition coefficient (Wildman–Crippen LogP) is 5.05. The molecule has 5 rings (SSSR count). The van der Waals surface area contributed by atoms with Crippen LogP contribution in [-0.2, 0) is 88.9 Å². The van der Waals surface area contributed by atoms with Crippen LogP contribution >= 0.6 is 0 Å². The van der Waals surface area contributed by atoms with Crippen molar-refractivity contribution in [2.75, 3.05) is 19.6 Å². The molecule has 8 atom stereocenters. The van der Waals surface area contributed by atoms with Gasteiger partial charge in [0, 0.05) is 67.7 Å². The highest BCUT2D eigenvalue weighted by molar-refractivity contribution is 7.90. The van der Waals surface area contributed by atoms with Crippen molar-refractivity contribution < 1.29 is 89.1 Å². The number of nitrogens with one attached hydrogen (secondary N) is 13. The van der Waals surface area contributed by atoms with Gasteiger partial charge in [-0.3, -0.25) is 39.6 Å². The number of guanidine groups is 2. The molecular weight excluding hydrogens is 1520 g/mol. The van der Waals surface area contributed by atoms with Crippen LogP contribution in [0.4, 0.5) is 9.59 Å². The van der Waals surface area contributed by atoms with E-state index in [0.717, 1.165) is 11.1 Å². The summed E-state index contributed by atoms with van der Waals surface area (Å²) in [5.41, 5.74) is 7.76. The first kappa shape index (κ1) is 95.0. The van der Waals surface area contributed by atoms with Crippen LogP contribution in [0.3, 0.4) is 0 Å². The number of aromatic nitrogens is 3. The van der Waals surface area contributed by atoms with E-state index >= 15 is 14.4 Å². The van der Waals surface area contributed by atoms with Crippen LogP contribution in [0.2, 0.25) is 0 Å². The van der Waals surface area contributed by atoms with E-state index in [1.165, 1.54) is 10.9 Å². The number of nitrogens with two attached hydrogens (primary N) is 1. The second kappa shape index (κ2) is 40.1. The lowest BCUT2D eigenvalue weighted by molar-refractivity contribution is -0.143. The quantitative estimate of drug-likeness (QED) is 0.0201. The monoisotopic (exact) mass is 1640 g/mol. The number of hydrogen-bond acceptors (Lipinski definition) is 22. The lowest BCUT2D eigenvalue weighted by Gasteiger charge is -2.30. The number of amides is 7. The molecule has 0 saturated carbocycles. The lowest BCUT2D eigenvalue weighted by atomic mass is 9.93. The standard InChI is InChI=1S/C76H123N17O19S2/c1-21-41(4)57(66(98)88-56(40(2)3)65(97)86-54(68(101)102)29-22-24-32-82-71(103)111-73(11,12)13)89-63(95)53(31-27-34-81-70(79)91-114(107,108)61-45(8)43(6)50-38-76(19,20)110-59(50)47(61)10)84-62(94)52(30-26-33-80-69(78)90-113(105,106)60-44(7)42(5)49-37-75(17,18)109-58(49)46(60)9)85-64(96)55(87-72(104)112-74(14,15)16)36-48-39-83-92-93(48)35-25-23-28-51(77)67(99)100/h39-41,51-57H,21-38,77H2,1-20H3,(H,82,103)(H,84,94)(H,85,96)(H,86,97)(H,87,104)(H,88,98)(H,89,95)(H,99,100)(H,101,102)(H3,78,80,90)(H3,79,81,91)/t41?,51-,52+,53+,54+,55+,56?,57+/m0/s1. The van der Waals surface area contributed by atoms with Crippen molar-refractivity contribution >= 4 is 85.6 Å². The molecule has 1 aromatic heterocycles. The summed E-state index contributed by atoms with van der Waals surface area (Å²) in [6, 6.07) is -10.3. The van der Waals surface area contributed by atoms with E-state index < -0.39 is 162 Å². The number of ether oxygens (including phenoxy) is 4. The van der Waals surface area contributed by atoms with Gasteiger partial charge in [-0.05, 0) is 209 Å². The predicted molar refractivity (Wildman–Crippen MR) is 425 cm³/mol. The Morgan fingerprint density at radius 2 is 0.965 bits per heavy atom. The number of carbonyl (C=O) groups is 9. The molecule has 0 spiro atoms. The first-order chi connectivity index (χ1) is 52.7. The second-order valence-corrected chi connectivity index (χ2v) is 36.3. The summed E-state index contributed by atoms with van der Waals surface area (Å²) in [6.45, 7) is 34.0. The van der Waals surface area contributed by atoms with Crippen LogP contribution in [-0.4, -0.2) is 192 Å². The van der Waals surface area contributed by atoms with Crippen molar-refractivity contribution in [1.29, 1.82) is 10.8 Å². The summed E-state index contributed by atoms with van der Waals surface area (Å²) >= 11 is 0. The van der Waals surface area contributed by atoms with Crippen molar-refractivity contribution in [2.45, 2.75) is 309 Å². The summed E-state index contributed by atoms with van der Waals surface area (Å²) in [6.07, 6.45) is 1.10. The van der Waals surface area contributed by atoms with E-state index in [1.807, 2.05) is 27.7 Å². The van der Waals surface area contributed by atoms with Gasteiger partial charge in [0.25, 0.3) is 20.0 Å². The van der Waals surface area contributed by atoms with Gasteiger partial charge < -0.3 is 82.7 Å². The van der Waals surface area contributed by atoms with Crippen LogP contribution in [0, 0.1) is 64.2 Å². The fourth-order valence-corrected chi connectivity index (χ4v) is 16.4. The van der Waals surface area contributed by atoms with Gasteiger partial charge in [0.1, 0.15) is 76.2 Å². The molecule has 0 fully saturated rings. The van der Waals surface area contributed by atoms with Gasteiger partial charge >= 0.3 is 24.1 Å². The van der Waals surface area contributed by atoms with Crippen molar-refractivity contribution in [3.63, 3.8) is 0 Å². The third kappa shape index (κ3) is 27.6. The molecule has 0 bridgehead atoms. The maximum absolute atomic E-state index is 15.4. The van der Waals surface area contributed by atoms with Gasteiger partial charge in [0.2, 0.25) is 41.5 Å². The molecule has 114 heavy (non-hydrogen) atoms. The summed E-state index contributed by atoms with van der Waals surface area (Å²) in [7, 11) is -8.91. The molecule has 7 amide bonds. The summed E-state index contributed by atoms with van der Waals surface area (Å²) in [4.78, 5) is 124.